The standard InChI is InChI=1S/C8H5N3/c9-4-7-3-8-5-10-1-2-11(8)6-7/h1-3,5-6H. The Morgan fingerprint density at radius 1 is 1.55 bits per heavy atom. The highest BCUT2D eigenvalue weighted by atomic mass is 14.9. The molecule has 0 unspecified atom stereocenters. The van der Waals surface area contributed by atoms with Crippen LogP contribution in [0, 0.1) is 11.3 Å². The first-order valence-corrected chi connectivity index (χ1v) is 3.22. The summed E-state index contributed by atoms with van der Waals surface area (Å²) in [5.74, 6) is 0. The normalized spacial score (nSPS) is 9.73. The van der Waals surface area contributed by atoms with Crippen molar-refractivity contribution in [3.63, 3.8) is 0 Å². The van der Waals surface area contributed by atoms with Crippen molar-refractivity contribution < 1.29 is 0 Å². The topological polar surface area (TPSA) is 41.1 Å². The predicted octanol–water partition coefficient (Wildman–Crippen LogP) is 1.21. The molecule has 2 aromatic heterocycles. The maximum absolute atomic E-state index is 8.55. The van der Waals surface area contributed by atoms with Crippen molar-refractivity contribution in [1.29, 1.82) is 5.26 Å². The van der Waals surface area contributed by atoms with E-state index in [0.717, 1.165) is 5.52 Å². The van der Waals surface area contributed by atoms with Crippen LogP contribution < -0.4 is 0 Å². The average Bonchev–Trinajstić information content (AvgIpc) is 2.46. The van der Waals surface area contributed by atoms with Crippen LogP contribution >= 0.6 is 0 Å². The minimum absolute atomic E-state index is 0.665. The van der Waals surface area contributed by atoms with E-state index < -0.39 is 0 Å². The van der Waals surface area contributed by atoms with Crippen molar-refractivity contribution in [3.05, 3.63) is 36.4 Å². The van der Waals surface area contributed by atoms with Gasteiger partial charge in [0.25, 0.3) is 0 Å². The lowest BCUT2D eigenvalue weighted by atomic mass is 10.4. The molecule has 0 spiro atoms. The maximum Gasteiger partial charge on any atom is 0.101 e. The average molecular weight is 143 g/mol. The largest absolute Gasteiger partial charge is 0.319 e. The molecule has 0 atom stereocenters. The lowest BCUT2D eigenvalue weighted by Crippen LogP contribution is -1.79. The highest BCUT2D eigenvalue weighted by Gasteiger charge is 1.95. The molecule has 0 saturated heterocycles. The van der Waals surface area contributed by atoms with E-state index in [2.05, 4.69) is 11.1 Å². The molecule has 3 heteroatoms. The molecule has 0 bridgehead atoms. The lowest BCUT2D eigenvalue weighted by Gasteiger charge is -1.87. The molecule has 0 amide bonds. The minimum atomic E-state index is 0.665. The summed E-state index contributed by atoms with van der Waals surface area (Å²) < 4.78 is 1.87. The molecule has 0 fully saturated rings. The van der Waals surface area contributed by atoms with Crippen molar-refractivity contribution in [2.75, 3.05) is 0 Å². The van der Waals surface area contributed by atoms with E-state index in [9.17, 15) is 0 Å². The summed E-state index contributed by atoms with van der Waals surface area (Å²) in [6.45, 7) is 0. The Kier molecular flexibility index (Phi) is 1.13. The van der Waals surface area contributed by atoms with Gasteiger partial charge in [0.05, 0.1) is 17.3 Å². The fourth-order valence-electron chi connectivity index (χ4n) is 1.02. The molecule has 11 heavy (non-hydrogen) atoms. The molecule has 2 heterocycles. The Balaban J connectivity index is 2.81. The quantitative estimate of drug-likeness (QED) is 0.556. The van der Waals surface area contributed by atoms with Crippen LogP contribution in [-0.4, -0.2) is 9.38 Å². The molecule has 0 aliphatic heterocycles. The van der Waals surface area contributed by atoms with Gasteiger partial charge in [0, 0.05) is 18.6 Å². The molecule has 52 valence electrons. The first kappa shape index (κ1) is 5.93. The second-order valence-corrected chi connectivity index (χ2v) is 2.25. The van der Waals surface area contributed by atoms with E-state index in [-0.39, 0.29) is 0 Å². The van der Waals surface area contributed by atoms with Gasteiger partial charge < -0.3 is 4.40 Å². The van der Waals surface area contributed by atoms with E-state index in [1.54, 1.807) is 24.7 Å². The number of fused-ring (bicyclic) bond motifs is 1. The zero-order valence-corrected chi connectivity index (χ0v) is 5.73. The third kappa shape index (κ3) is 0.849. The molecule has 0 aromatic carbocycles. The van der Waals surface area contributed by atoms with E-state index >= 15 is 0 Å². The van der Waals surface area contributed by atoms with Crippen LogP contribution in [-0.2, 0) is 0 Å². The van der Waals surface area contributed by atoms with Crippen LogP contribution in [0.3, 0.4) is 0 Å². The van der Waals surface area contributed by atoms with Crippen LogP contribution in [0.5, 0.6) is 0 Å². The van der Waals surface area contributed by atoms with Crippen LogP contribution in [0.1, 0.15) is 5.56 Å². The Hall–Kier alpha value is -1.82. The molecule has 0 aliphatic rings. The van der Waals surface area contributed by atoms with Crippen molar-refractivity contribution in [2.24, 2.45) is 0 Å². The van der Waals surface area contributed by atoms with Gasteiger partial charge in [-0.2, -0.15) is 5.26 Å². The van der Waals surface area contributed by atoms with Gasteiger partial charge in [-0.15, -0.1) is 0 Å². The molecule has 0 saturated carbocycles. The Morgan fingerprint density at radius 2 is 2.45 bits per heavy atom. The van der Waals surface area contributed by atoms with Crippen molar-refractivity contribution in [3.8, 4) is 6.07 Å². The molecular formula is C8H5N3. The predicted molar refractivity (Wildman–Crippen MR) is 39.9 cm³/mol. The third-order valence-electron chi connectivity index (χ3n) is 1.53. The molecule has 2 aromatic rings. The number of rotatable bonds is 0. The Morgan fingerprint density at radius 3 is 3.18 bits per heavy atom. The summed E-state index contributed by atoms with van der Waals surface area (Å²) in [5.41, 5.74) is 1.61. The molecule has 2 rings (SSSR count). The Labute approximate surface area is 63.5 Å². The van der Waals surface area contributed by atoms with Crippen molar-refractivity contribution in [1.82, 2.24) is 9.38 Å². The van der Waals surface area contributed by atoms with Crippen LogP contribution in [0.15, 0.2) is 30.9 Å². The van der Waals surface area contributed by atoms with Crippen molar-refractivity contribution >= 4 is 5.52 Å². The van der Waals surface area contributed by atoms with E-state index in [1.165, 1.54) is 0 Å². The zero-order chi connectivity index (χ0) is 7.68. The number of hydrogen-bond donors (Lipinski definition) is 0. The van der Waals surface area contributed by atoms with Crippen LogP contribution in [0.25, 0.3) is 5.52 Å². The SMILES string of the molecule is N#Cc1cc2cnccn2c1. The van der Waals surface area contributed by atoms with Gasteiger partial charge in [-0.3, -0.25) is 4.98 Å². The van der Waals surface area contributed by atoms with Crippen LogP contribution in [0.4, 0.5) is 0 Å². The molecular weight excluding hydrogens is 138 g/mol. The number of nitrogens with zero attached hydrogens (tertiary/aromatic N) is 3. The second-order valence-electron chi connectivity index (χ2n) is 2.25. The van der Waals surface area contributed by atoms with E-state index in [0.29, 0.717) is 5.56 Å². The number of nitriles is 1. The van der Waals surface area contributed by atoms with Gasteiger partial charge >= 0.3 is 0 Å². The van der Waals surface area contributed by atoms with Crippen LogP contribution in [0.2, 0.25) is 0 Å². The monoisotopic (exact) mass is 143 g/mol. The summed E-state index contributed by atoms with van der Waals surface area (Å²) >= 11 is 0. The zero-order valence-electron chi connectivity index (χ0n) is 5.73. The smallest absolute Gasteiger partial charge is 0.101 e. The fraction of sp³-hybridized carbons (Fsp3) is 0. The fourth-order valence-corrected chi connectivity index (χ4v) is 1.02. The van der Waals surface area contributed by atoms with Gasteiger partial charge in [-0.25, -0.2) is 0 Å². The first-order valence-electron chi connectivity index (χ1n) is 3.22. The van der Waals surface area contributed by atoms with Gasteiger partial charge in [0.1, 0.15) is 6.07 Å². The van der Waals surface area contributed by atoms with Gasteiger partial charge in [0.15, 0.2) is 0 Å². The van der Waals surface area contributed by atoms with E-state index in [4.69, 9.17) is 5.26 Å². The number of hydrogen-bond acceptors (Lipinski definition) is 2. The molecule has 3 nitrogen and oxygen atoms in total. The Bertz CT molecular complexity index is 389. The molecule has 0 N–H and O–H groups in total. The summed E-state index contributed by atoms with van der Waals surface area (Å²) in [7, 11) is 0. The van der Waals surface area contributed by atoms with Crippen molar-refractivity contribution in [2.45, 2.75) is 0 Å². The van der Waals surface area contributed by atoms with Gasteiger partial charge in [-0.1, -0.05) is 0 Å². The summed E-state index contributed by atoms with van der Waals surface area (Å²) in [5, 5.41) is 8.55. The highest BCUT2D eigenvalue weighted by Crippen LogP contribution is 2.05. The molecule has 0 aliphatic carbocycles. The lowest BCUT2D eigenvalue weighted by molar-refractivity contribution is 1.14. The molecule has 0 radical (unpaired) electrons. The van der Waals surface area contributed by atoms with Gasteiger partial charge in [0.2, 0.25) is 0 Å². The third-order valence-corrected chi connectivity index (χ3v) is 1.53. The maximum atomic E-state index is 8.55. The second kappa shape index (κ2) is 2.10. The first-order chi connectivity index (χ1) is 5.40. The summed E-state index contributed by atoms with van der Waals surface area (Å²) in [6, 6.07) is 3.87. The minimum Gasteiger partial charge on any atom is -0.319 e. The van der Waals surface area contributed by atoms with E-state index in [1.807, 2.05) is 10.6 Å². The van der Waals surface area contributed by atoms with Gasteiger partial charge in [-0.05, 0) is 6.07 Å². The summed E-state index contributed by atoms with van der Waals surface area (Å²) in [4.78, 5) is 3.93. The number of aromatic nitrogens is 2. The summed E-state index contributed by atoms with van der Waals surface area (Å²) in [6.07, 6.45) is 7.00. The highest BCUT2D eigenvalue weighted by molar-refractivity contribution is 5.51.